The number of phenolic OH excluding ortho intramolecular Hbond substituents is 1. The number of rotatable bonds is 11. The maximum Gasteiger partial charge on any atom is 0.344 e. The number of phenols is 1. The Labute approximate surface area is 201 Å². The Morgan fingerprint density at radius 2 is 1.36 bits per heavy atom. The summed E-state index contributed by atoms with van der Waals surface area (Å²) in [5, 5.41) is 9.01. The zero-order chi connectivity index (χ0) is 24.9. The number of ether oxygens (including phenoxy) is 2. The van der Waals surface area contributed by atoms with Gasteiger partial charge in [-0.05, 0) is 79.8 Å². The molecule has 33 heavy (non-hydrogen) atoms. The Bertz CT molecular complexity index is 797. The third-order valence-corrected chi connectivity index (χ3v) is 6.38. The Morgan fingerprint density at radius 3 is 1.79 bits per heavy atom. The number of esters is 1. The van der Waals surface area contributed by atoms with Crippen LogP contribution in [0.1, 0.15) is 104 Å². The highest BCUT2D eigenvalue weighted by atomic mass is 16.6. The Morgan fingerprint density at radius 1 is 0.879 bits per heavy atom. The van der Waals surface area contributed by atoms with Crippen LogP contribution in [0.4, 0.5) is 0 Å². The normalized spacial score (nSPS) is 14.3. The molecule has 0 aliphatic rings. The molecule has 4 heteroatoms. The molecule has 0 spiro atoms. The van der Waals surface area contributed by atoms with Gasteiger partial charge in [0.2, 0.25) is 0 Å². The van der Waals surface area contributed by atoms with Crippen molar-refractivity contribution in [3.05, 3.63) is 59.7 Å². The van der Waals surface area contributed by atoms with Crippen molar-refractivity contribution in [3.63, 3.8) is 0 Å². The first-order chi connectivity index (χ1) is 15.7. The predicted octanol–water partition coefficient (Wildman–Crippen LogP) is 8.00. The van der Waals surface area contributed by atoms with Crippen LogP contribution in [0.15, 0.2) is 48.5 Å². The molecule has 184 valence electrons. The van der Waals surface area contributed by atoms with Crippen molar-refractivity contribution in [1.29, 1.82) is 0 Å². The van der Waals surface area contributed by atoms with Crippen molar-refractivity contribution in [3.8, 4) is 11.5 Å². The van der Waals surface area contributed by atoms with Crippen LogP contribution in [0.25, 0.3) is 0 Å². The molecule has 3 atom stereocenters. The van der Waals surface area contributed by atoms with Crippen molar-refractivity contribution in [1.82, 2.24) is 0 Å². The zero-order valence-electron chi connectivity index (χ0n) is 21.7. The average molecular weight is 457 g/mol. The molecule has 0 fully saturated rings. The lowest BCUT2D eigenvalue weighted by Gasteiger charge is -2.28. The Kier molecular flexibility index (Phi) is 12.6. The molecule has 2 aromatic carbocycles. The minimum absolute atomic E-state index is 0.0397. The fourth-order valence-corrected chi connectivity index (χ4v) is 3.44. The summed E-state index contributed by atoms with van der Waals surface area (Å²) >= 11 is 0. The fraction of sp³-hybridized carbons (Fsp3) is 0.552. The molecule has 0 amide bonds. The summed E-state index contributed by atoms with van der Waals surface area (Å²) in [4.78, 5) is 11.9. The number of hydrogen-bond donors (Lipinski definition) is 1. The molecule has 0 bridgehead atoms. The number of carbonyl (C=O) groups excluding carboxylic acids is 1. The van der Waals surface area contributed by atoms with Crippen LogP contribution in [0.2, 0.25) is 0 Å². The lowest BCUT2D eigenvalue weighted by molar-refractivity contribution is -0.161. The number of carbonyl (C=O) groups is 1. The van der Waals surface area contributed by atoms with Gasteiger partial charge < -0.3 is 14.6 Å². The molecule has 0 aromatic heterocycles. The summed E-state index contributed by atoms with van der Waals surface area (Å²) in [7, 11) is 0. The molecule has 0 saturated carbocycles. The molecule has 1 N–H and O–H groups in total. The third-order valence-electron chi connectivity index (χ3n) is 6.38. The van der Waals surface area contributed by atoms with Crippen LogP contribution in [-0.4, -0.2) is 23.3 Å². The van der Waals surface area contributed by atoms with E-state index in [1.54, 1.807) is 12.1 Å². The monoisotopic (exact) mass is 456 g/mol. The second kappa shape index (κ2) is 14.6. The number of benzene rings is 2. The van der Waals surface area contributed by atoms with Crippen molar-refractivity contribution in [2.24, 2.45) is 0 Å². The van der Waals surface area contributed by atoms with E-state index in [-0.39, 0.29) is 18.2 Å². The quantitative estimate of drug-likeness (QED) is 0.348. The van der Waals surface area contributed by atoms with Gasteiger partial charge >= 0.3 is 5.97 Å². The summed E-state index contributed by atoms with van der Waals surface area (Å²) in [6, 6.07) is 15.4. The van der Waals surface area contributed by atoms with Crippen LogP contribution in [0, 0.1) is 0 Å². The summed E-state index contributed by atoms with van der Waals surface area (Å²) in [6.45, 7) is 14.8. The highest BCUT2D eigenvalue weighted by Gasteiger charge is 2.25. The number of aromatic hydroxyl groups is 1. The van der Waals surface area contributed by atoms with Gasteiger partial charge in [0.1, 0.15) is 17.1 Å². The van der Waals surface area contributed by atoms with Gasteiger partial charge in [0.15, 0.2) is 6.61 Å². The van der Waals surface area contributed by atoms with Crippen LogP contribution in [-0.2, 0) is 9.53 Å². The van der Waals surface area contributed by atoms with Crippen LogP contribution >= 0.6 is 0 Å². The van der Waals surface area contributed by atoms with Gasteiger partial charge in [-0.15, -0.1) is 0 Å². The minimum Gasteiger partial charge on any atom is -0.508 e. The summed E-state index contributed by atoms with van der Waals surface area (Å²) in [5.74, 6) is 1.88. The van der Waals surface area contributed by atoms with Gasteiger partial charge in [0.25, 0.3) is 0 Å². The lowest BCUT2D eigenvalue weighted by atomic mass is 9.97. The highest BCUT2D eigenvalue weighted by molar-refractivity contribution is 5.71. The first-order valence-electron chi connectivity index (χ1n) is 12.4. The molecule has 0 heterocycles. The Balaban J connectivity index is 0.000000412. The van der Waals surface area contributed by atoms with E-state index in [9.17, 15) is 4.79 Å². The van der Waals surface area contributed by atoms with Gasteiger partial charge in [0, 0.05) is 0 Å². The minimum atomic E-state index is -0.379. The van der Waals surface area contributed by atoms with E-state index in [0.29, 0.717) is 23.3 Å². The maximum absolute atomic E-state index is 11.9. The summed E-state index contributed by atoms with van der Waals surface area (Å²) < 4.78 is 11.1. The topological polar surface area (TPSA) is 55.8 Å². The molecule has 0 aliphatic heterocycles. The molecular weight excluding hydrogens is 412 g/mol. The largest absolute Gasteiger partial charge is 0.508 e. The van der Waals surface area contributed by atoms with Gasteiger partial charge in [-0.25, -0.2) is 4.79 Å². The lowest BCUT2D eigenvalue weighted by Crippen LogP contribution is -2.33. The van der Waals surface area contributed by atoms with Crippen molar-refractivity contribution < 1.29 is 19.4 Å². The molecular formula is C29H44O4. The Hall–Kier alpha value is -2.49. The fourth-order valence-electron chi connectivity index (χ4n) is 3.44. The van der Waals surface area contributed by atoms with Gasteiger partial charge in [-0.1, -0.05) is 72.2 Å². The van der Waals surface area contributed by atoms with Gasteiger partial charge in [-0.2, -0.15) is 0 Å². The predicted molar refractivity (Wildman–Crippen MR) is 137 cm³/mol. The van der Waals surface area contributed by atoms with E-state index in [0.717, 1.165) is 32.1 Å². The van der Waals surface area contributed by atoms with Crippen LogP contribution < -0.4 is 4.74 Å². The molecule has 3 unspecified atom stereocenters. The molecule has 4 nitrogen and oxygen atoms in total. The van der Waals surface area contributed by atoms with E-state index in [2.05, 4.69) is 46.8 Å². The SMILES string of the molecule is CCC(C)c1ccc(O)cc1.CCCC(C)(CC)OC(=O)COc1ccc(C(C)CC)cc1. The first kappa shape index (κ1) is 28.5. The van der Waals surface area contributed by atoms with E-state index >= 15 is 0 Å². The van der Waals surface area contributed by atoms with E-state index in [4.69, 9.17) is 14.6 Å². The summed E-state index contributed by atoms with van der Waals surface area (Å²) in [5.41, 5.74) is 2.21. The zero-order valence-corrected chi connectivity index (χ0v) is 21.7. The average Bonchev–Trinajstić information content (AvgIpc) is 2.83. The second-order valence-corrected chi connectivity index (χ2v) is 9.10. The summed E-state index contributed by atoms with van der Waals surface area (Å²) in [6.07, 6.45) is 4.94. The molecule has 0 aliphatic carbocycles. The van der Waals surface area contributed by atoms with E-state index in [1.807, 2.05) is 38.1 Å². The standard InChI is InChI=1S/C19H30O3.C10H14O/c1-6-13-19(5,8-3)22-18(20)14-21-17-11-9-16(10-12-17)15(4)7-2;1-3-8(2)9-4-6-10(11)7-5-9/h9-12,15H,6-8,13-14H2,1-5H3;4-8,11H,3H2,1-2H3. The smallest absolute Gasteiger partial charge is 0.344 e. The molecule has 0 saturated heterocycles. The van der Waals surface area contributed by atoms with Crippen molar-refractivity contribution in [2.75, 3.05) is 6.61 Å². The van der Waals surface area contributed by atoms with Crippen LogP contribution in [0.3, 0.4) is 0 Å². The van der Waals surface area contributed by atoms with E-state index < -0.39 is 0 Å². The second-order valence-electron chi connectivity index (χ2n) is 9.10. The molecule has 2 rings (SSSR count). The van der Waals surface area contributed by atoms with Gasteiger partial charge in [-0.3, -0.25) is 0 Å². The molecule has 0 radical (unpaired) electrons. The van der Waals surface area contributed by atoms with Crippen LogP contribution in [0.5, 0.6) is 11.5 Å². The highest BCUT2D eigenvalue weighted by Crippen LogP contribution is 2.24. The van der Waals surface area contributed by atoms with E-state index in [1.165, 1.54) is 11.1 Å². The van der Waals surface area contributed by atoms with Crippen molar-refractivity contribution >= 4 is 5.97 Å². The van der Waals surface area contributed by atoms with Gasteiger partial charge in [0.05, 0.1) is 0 Å². The molecule has 2 aromatic rings. The third kappa shape index (κ3) is 10.3. The first-order valence-corrected chi connectivity index (χ1v) is 12.4. The number of hydrogen-bond acceptors (Lipinski definition) is 4. The van der Waals surface area contributed by atoms with Crippen molar-refractivity contribution in [2.45, 2.75) is 98.0 Å². The maximum atomic E-state index is 11.9.